The normalized spacial score (nSPS) is 13.1. The summed E-state index contributed by atoms with van der Waals surface area (Å²) in [5, 5.41) is 5.05. The first-order valence-corrected chi connectivity index (χ1v) is 18.4. The highest BCUT2D eigenvalue weighted by Crippen LogP contribution is 2.51. The third kappa shape index (κ3) is 4.54. The number of hydrogen-bond acceptors (Lipinski definition) is 1. The minimum Gasteiger partial charge on any atom is -0.296 e. The zero-order valence-electron chi connectivity index (χ0n) is 29.7. The third-order valence-electron chi connectivity index (χ3n) is 11.4. The molecule has 0 bridgehead atoms. The van der Waals surface area contributed by atoms with Crippen LogP contribution in [0.15, 0.2) is 164 Å². The minimum atomic E-state index is -0.0755. The predicted molar refractivity (Wildman–Crippen MR) is 219 cm³/mol. The Balaban J connectivity index is 1.22. The number of aromatic nitrogens is 2. The summed E-state index contributed by atoms with van der Waals surface area (Å²) in [7, 11) is 0. The molecule has 1 aliphatic rings. The van der Waals surface area contributed by atoms with E-state index in [1.165, 1.54) is 77.2 Å². The average molecular weight is 667 g/mol. The molecule has 10 rings (SSSR count). The number of hydrogen-bond donors (Lipinski definition) is 0. The van der Waals surface area contributed by atoms with Gasteiger partial charge in [0, 0.05) is 17.5 Å². The van der Waals surface area contributed by atoms with Crippen molar-refractivity contribution in [1.82, 2.24) is 9.55 Å². The van der Waals surface area contributed by atoms with Crippen LogP contribution in [-0.4, -0.2) is 9.55 Å². The third-order valence-corrected chi connectivity index (χ3v) is 11.4. The lowest BCUT2D eigenvalue weighted by Gasteiger charge is -2.23. The number of aryl methyl sites for hydroxylation is 1. The first-order chi connectivity index (χ1) is 25.5. The van der Waals surface area contributed by atoms with Gasteiger partial charge in [0.25, 0.3) is 0 Å². The summed E-state index contributed by atoms with van der Waals surface area (Å²) in [6, 6.07) is 60.4. The van der Waals surface area contributed by atoms with Crippen LogP contribution in [0, 0.1) is 0 Å². The second-order valence-electron chi connectivity index (χ2n) is 14.6. The topological polar surface area (TPSA) is 17.8 Å². The van der Waals surface area contributed by atoms with E-state index in [0.29, 0.717) is 0 Å². The van der Waals surface area contributed by atoms with Crippen molar-refractivity contribution in [3.8, 4) is 50.2 Å². The van der Waals surface area contributed by atoms with E-state index in [-0.39, 0.29) is 5.41 Å². The van der Waals surface area contributed by atoms with Crippen LogP contribution >= 0.6 is 0 Å². The summed E-state index contributed by atoms with van der Waals surface area (Å²) < 4.78 is 2.31. The van der Waals surface area contributed by atoms with Gasteiger partial charge in [0.2, 0.25) is 0 Å². The van der Waals surface area contributed by atoms with Gasteiger partial charge in [0.1, 0.15) is 5.82 Å². The fourth-order valence-electron chi connectivity index (χ4n) is 8.85. The molecule has 0 spiro atoms. The lowest BCUT2D eigenvalue weighted by Crippen LogP contribution is -2.14. The van der Waals surface area contributed by atoms with Gasteiger partial charge >= 0.3 is 0 Å². The van der Waals surface area contributed by atoms with E-state index in [4.69, 9.17) is 4.98 Å². The Morgan fingerprint density at radius 2 is 1.10 bits per heavy atom. The molecule has 2 nitrogen and oxygen atoms in total. The Morgan fingerprint density at radius 1 is 0.481 bits per heavy atom. The first kappa shape index (κ1) is 30.6. The highest BCUT2D eigenvalue weighted by molar-refractivity contribution is 6.22. The molecule has 248 valence electrons. The number of benzene rings is 8. The lowest BCUT2D eigenvalue weighted by atomic mass is 9.80. The van der Waals surface area contributed by atoms with Gasteiger partial charge in [-0.15, -0.1) is 0 Å². The molecule has 0 aliphatic heterocycles. The van der Waals surface area contributed by atoms with Gasteiger partial charge in [0.15, 0.2) is 0 Å². The van der Waals surface area contributed by atoms with Crippen molar-refractivity contribution >= 4 is 32.6 Å². The van der Waals surface area contributed by atoms with Crippen molar-refractivity contribution in [3.05, 3.63) is 181 Å². The van der Waals surface area contributed by atoms with Gasteiger partial charge < -0.3 is 0 Å². The quantitative estimate of drug-likeness (QED) is 0.167. The summed E-state index contributed by atoms with van der Waals surface area (Å²) in [5.74, 6) is 1.07. The zero-order chi connectivity index (χ0) is 35.0. The molecular formula is C50H38N2. The standard InChI is InChI=1S/C50H38N2/c1-4-47-51-45-20-12-13-21-46(45)52(47)36-26-22-33(23-27-36)48-39-17-8-9-18-40(39)49(41-29-24-34(30-42(41)48)32-14-6-5-7-15-32)35-25-28-38-37-16-10-11-19-43(37)50(2,3)44(38)31-35/h5-31H,4H2,1-3H3. The summed E-state index contributed by atoms with van der Waals surface area (Å²) >= 11 is 0. The summed E-state index contributed by atoms with van der Waals surface area (Å²) in [5.41, 5.74) is 16.2. The fraction of sp³-hybridized carbons (Fsp3) is 0.100. The van der Waals surface area contributed by atoms with Crippen LogP contribution in [0.4, 0.5) is 0 Å². The molecule has 0 unspecified atom stereocenters. The number of imidazole rings is 1. The van der Waals surface area contributed by atoms with Crippen LogP contribution in [-0.2, 0) is 11.8 Å². The van der Waals surface area contributed by atoms with E-state index >= 15 is 0 Å². The molecule has 0 N–H and O–H groups in total. The molecule has 1 aliphatic carbocycles. The first-order valence-electron chi connectivity index (χ1n) is 18.4. The van der Waals surface area contributed by atoms with Crippen LogP contribution in [0.25, 0.3) is 82.8 Å². The Labute approximate surface area is 304 Å². The van der Waals surface area contributed by atoms with Crippen molar-refractivity contribution < 1.29 is 0 Å². The van der Waals surface area contributed by atoms with Crippen LogP contribution in [0.3, 0.4) is 0 Å². The maximum Gasteiger partial charge on any atom is 0.114 e. The largest absolute Gasteiger partial charge is 0.296 e. The molecule has 0 saturated carbocycles. The van der Waals surface area contributed by atoms with Gasteiger partial charge in [-0.2, -0.15) is 0 Å². The summed E-state index contributed by atoms with van der Waals surface area (Å²) in [6.45, 7) is 6.91. The minimum absolute atomic E-state index is 0.0755. The molecule has 0 amide bonds. The second-order valence-corrected chi connectivity index (χ2v) is 14.6. The van der Waals surface area contributed by atoms with Crippen LogP contribution in [0.5, 0.6) is 0 Å². The van der Waals surface area contributed by atoms with Gasteiger partial charge in [-0.3, -0.25) is 4.57 Å². The van der Waals surface area contributed by atoms with Crippen molar-refractivity contribution in [2.75, 3.05) is 0 Å². The van der Waals surface area contributed by atoms with Crippen LogP contribution in [0.2, 0.25) is 0 Å². The van der Waals surface area contributed by atoms with Gasteiger partial charge in [0.05, 0.1) is 11.0 Å². The van der Waals surface area contributed by atoms with Crippen molar-refractivity contribution in [2.45, 2.75) is 32.6 Å². The molecular weight excluding hydrogens is 629 g/mol. The Morgan fingerprint density at radius 3 is 1.88 bits per heavy atom. The molecule has 0 saturated heterocycles. The fourth-order valence-corrected chi connectivity index (χ4v) is 8.85. The van der Waals surface area contributed by atoms with Crippen molar-refractivity contribution in [1.29, 1.82) is 0 Å². The highest BCUT2D eigenvalue weighted by Gasteiger charge is 2.35. The van der Waals surface area contributed by atoms with Crippen LogP contribution < -0.4 is 0 Å². The Kier molecular flexibility index (Phi) is 6.85. The smallest absolute Gasteiger partial charge is 0.114 e. The van der Waals surface area contributed by atoms with E-state index in [1.807, 2.05) is 0 Å². The molecule has 2 heteroatoms. The van der Waals surface area contributed by atoms with Crippen molar-refractivity contribution in [2.24, 2.45) is 0 Å². The van der Waals surface area contributed by atoms with E-state index in [1.54, 1.807) is 0 Å². The number of nitrogens with zero attached hydrogens (tertiary/aromatic N) is 2. The second kappa shape index (κ2) is 11.6. The van der Waals surface area contributed by atoms with E-state index < -0.39 is 0 Å². The maximum atomic E-state index is 4.95. The summed E-state index contributed by atoms with van der Waals surface area (Å²) in [4.78, 5) is 4.95. The van der Waals surface area contributed by atoms with E-state index in [0.717, 1.165) is 29.0 Å². The van der Waals surface area contributed by atoms with Crippen LogP contribution in [0.1, 0.15) is 37.7 Å². The molecule has 0 radical (unpaired) electrons. The molecule has 8 aromatic carbocycles. The number of para-hydroxylation sites is 2. The summed E-state index contributed by atoms with van der Waals surface area (Å²) in [6.07, 6.45) is 0.862. The van der Waals surface area contributed by atoms with Gasteiger partial charge in [-0.25, -0.2) is 4.98 Å². The average Bonchev–Trinajstić information content (AvgIpc) is 3.69. The molecule has 1 aromatic heterocycles. The predicted octanol–water partition coefficient (Wildman–Crippen LogP) is 13.2. The maximum absolute atomic E-state index is 4.95. The SMILES string of the molecule is CCc1nc2ccccc2n1-c1ccc(-c2c3ccccc3c(-c3ccc4c(c3)C(C)(C)c3ccccc3-4)c3ccc(-c4ccccc4)cc23)cc1. The van der Waals surface area contributed by atoms with Crippen molar-refractivity contribution in [3.63, 3.8) is 0 Å². The molecule has 9 aromatic rings. The number of fused-ring (bicyclic) bond motifs is 6. The lowest BCUT2D eigenvalue weighted by molar-refractivity contribution is 0.660. The van der Waals surface area contributed by atoms with Gasteiger partial charge in [-0.05, 0) is 114 Å². The Bertz CT molecular complexity index is 2840. The molecule has 52 heavy (non-hydrogen) atoms. The highest BCUT2D eigenvalue weighted by atomic mass is 15.1. The number of rotatable bonds is 5. The molecule has 0 atom stereocenters. The Hall–Kier alpha value is -6.25. The van der Waals surface area contributed by atoms with Gasteiger partial charge in [-0.1, -0.05) is 148 Å². The molecule has 1 heterocycles. The van der Waals surface area contributed by atoms with E-state index in [9.17, 15) is 0 Å². The molecule has 0 fully saturated rings. The van der Waals surface area contributed by atoms with E-state index in [2.05, 4.69) is 189 Å². The monoisotopic (exact) mass is 666 g/mol. The zero-order valence-corrected chi connectivity index (χ0v) is 29.7.